The van der Waals surface area contributed by atoms with E-state index in [4.69, 9.17) is 0 Å². The van der Waals surface area contributed by atoms with Crippen LogP contribution in [0.5, 0.6) is 0 Å². The minimum Gasteiger partial charge on any atom is -0.0528 e. The van der Waals surface area contributed by atoms with Gasteiger partial charge in [0.1, 0.15) is 0 Å². The zero-order chi connectivity index (χ0) is 6.55. The van der Waals surface area contributed by atoms with Crippen LogP contribution in [0.2, 0.25) is 0 Å². The van der Waals surface area contributed by atoms with Crippen molar-refractivity contribution in [1.29, 1.82) is 0 Å². The average molecular weight is 136 g/mol. The highest BCUT2D eigenvalue weighted by Crippen LogP contribution is 2.57. The standard InChI is InChI=1S/C10H16/c1-2-7-4-9-6-10(9)5-8(7)3-1/h7-10H,1-6H2. The molecule has 0 bridgehead atoms. The van der Waals surface area contributed by atoms with E-state index < -0.39 is 0 Å². The lowest BCUT2D eigenvalue weighted by atomic mass is 9.82. The van der Waals surface area contributed by atoms with E-state index in [0.29, 0.717) is 0 Å². The molecular formula is C10H16. The Labute approximate surface area is 63.0 Å². The van der Waals surface area contributed by atoms with Gasteiger partial charge in [0.15, 0.2) is 0 Å². The second kappa shape index (κ2) is 1.78. The molecule has 0 aromatic rings. The zero-order valence-electron chi connectivity index (χ0n) is 6.55. The van der Waals surface area contributed by atoms with Gasteiger partial charge in [0.25, 0.3) is 0 Å². The zero-order valence-corrected chi connectivity index (χ0v) is 6.55. The molecule has 0 heterocycles. The SMILES string of the molecule is C1CC2CC3CC3CC2C1. The Balaban J connectivity index is 1.78. The predicted octanol–water partition coefficient (Wildman–Crippen LogP) is 2.83. The number of rotatable bonds is 0. The Kier molecular flexibility index (Phi) is 1.00. The average Bonchev–Trinajstić information content (AvgIpc) is 2.52. The third-order valence-corrected chi connectivity index (χ3v) is 4.10. The molecule has 0 aliphatic heterocycles. The van der Waals surface area contributed by atoms with Crippen LogP contribution in [-0.2, 0) is 0 Å². The molecule has 3 fully saturated rings. The van der Waals surface area contributed by atoms with Crippen molar-refractivity contribution in [3.8, 4) is 0 Å². The number of fused-ring (bicyclic) bond motifs is 2. The van der Waals surface area contributed by atoms with Gasteiger partial charge in [-0.15, -0.1) is 0 Å². The van der Waals surface area contributed by atoms with Crippen LogP contribution in [0.3, 0.4) is 0 Å². The summed E-state index contributed by atoms with van der Waals surface area (Å²) in [5.74, 6) is 4.78. The largest absolute Gasteiger partial charge is 0.0528 e. The van der Waals surface area contributed by atoms with E-state index in [1.807, 2.05) is 0 Å². The Hall–Kier alpha value is 0. The maximum Gasteiger partial charge on any atom is -0.0380 e. The quantitative estimate of drug-likeness (QED) is 0.480. The molecule has 3 rings (SSSR count). The van der Waals surface area contributed by atoms with Crippen LogP contribution in [0, 0.1) is 23.7 Å². The second-order valence-electron chi connectivity index (χ2n) is 4.68. The first-order valence-corrected chi connectivity index (χ1v) is 4.93. The van der Waals surface area contributed by atoms with Gasteiger partial charge in [0.05, 0.1) is 0 Å². The lowest BCUT2D eigenvalue weighted by Gasteiger charge is -2.23. The molecule has 0 spiro atoms. The molecule has 4 atom stereocenters. The molecule has 0 radical (unpaired) electrons. The van der Waals surface area contributed by atoms with Gasteiger partial charge in [-0.2, -0.15) is 0 Å². The van der Waals surface area contributed by atoms with E-state index >= 15 is 0 Å². The van der Waals surface area contributed by atoms with Crippen LogP contribution < -0.4 is 0 Å². The van der Waals surface area contributed by atoms with E-state index in [1.165, 1.54) is 23.7 Å². The van der Waals surface area contributed by atoms with Crippen molar-refractivity contribution in [2.24, 2.45) is 23.7 Å². The minimum absolute atomic E-state index is 1.18. The van der Waals surface area contributed by atoms with Crippen LogP contribution in [0.4, 0.5) is 0 Å². The van der Waals surface area contributed by atoms with Gasteiger partial charge in [-0.1, -0.05) is 19.3 Å². The van der Waals surface area contributed by atoms with Crippen LogP contribution in [-0.4, -0.2) is 0 Å². The molecular weight excluding hydrogens is 120 g/mol. The summed E-state index contributed by atoms with van der Waals surface area (Å²) in [4.78, 5) is 0. The first kappa shape index (κ1) is 5.62. The summed E-state index contributed by atoms with van der Waals surface area (Å²) >= 11 is 0. The molecule has 3 saturated carbocycles. The summed E-state index contributed by atoms with van der Waals surface area (Å²) in [6, 6.07) is 0. The molecule has 56 valence electrons. The van der Waals surface area contributed by atoms with Gasteiger partial charge in [0.2, 0.25) is 0 Å². The lowest BCUT2D eigenvalue weighted by molar-refractivity contribution is 0.265. The third kappa shape index (κ3) is 0.681. The van der Waals surface area contributed by atoms with E-state index in [-0.39, 0.29) is 0 Å². The molecule has 0 nitrogen and oxygen atoms in total. The molecule has 0 amide bonds. The van der Waals surface area contributed by atoms with Crippen molar-refractivity contribution in [2.45, 2.75) is 38.5 Å². The third-order valence-electron chi connectivity index (χ3n) is 4.10. The summed E-state index contributed by atoms with van der Waals surface area (Å²) in [7, 11) is 0. The highest BCUT2D eigenvalue weighted by molar-refractivity contribution is 4.97. The van der Waals surface area contributed by atoms with Gasteiger partial charge in [0, 0.05) is 0 Å². The van der Waals surface area contributed by atoms with Gasteiger partial charge >= 0.3 is 0 Å². The monoisotopic (exact) mass is 136 g/mol. The van der Waals surface area contributed by atoms with E-state index in [0.717, 1.165) is 0 Å². The summed E-state index contributed by atoms with van der Waals surface area (Å²) < 4.78 is 0. The smallest absolute Gasteiger partial charge is 0.0380 e. The molecule has 0 aromatic heterocycles. The molecule has 0 heteroatoms. The fourth-order valence-electron chi connectivity index (χ4n) is 3.40. The van der Waals surface area contributed by atoms with Crippen LogP contribution >= 0.6 is 0 Å². The fourth-order valence-corrected chi connectivity index (χ4v) is 3.40. The second-order valence-corrected chi connectivity index (χ2v) is 4.68. The van der Waals surface area contributed by atoms with Crippen molar-refractivity contribution in [3.05, 3.63) is 0 Å². The number of hydrogen-bond donors (Lipinski definition) is 0. The Morgan fingerprint density at radius 2 is 1.10 bits per heavy atom. The fraction of sp³-hybridized carbons (Fsp3) is 1.00. The first-order valence-electron chi connectivity index (χ1n) is 4.93. The maximum atomic E-state index is 1.62. The van der Waals surface area contributed by atoms with Crippen molar-refractivity contribution in [3.63, 3.8) is 0 Å². The minimum atomic E-state index is 1.18. The number of hydrogen-bond acceptors (Lipinski definition) is 0. The van der Waals surface area contributed by atoms with Crippen molar-refractivity contribution in [2.75, 3.05) is 0 Å². The normalized spacial score (nSPS) is 57.6. The predicted molar refractivity (Wildman–Crippen MR) is 41.7 cm³/mol. The molecule has 0 N–H and O–H groups in total. The van der Waals surface area contributed by atoms with Crippen LogP contribution in [0.1, 0.15) is 38.5 Å². The topological polar surface area (TPSA) is 0 Å². The van der Waals surface area contributed by atoms with Crippen molar-refractivity contribution < 1.29 is 0 Å². The van der Waals surface area contributed by atoms with Gasteiger partial charge in [-0.3, -0.25) is 0 Å². The summed E-state index contributed by atoms with van der Waals surface area (Å²) in [6.45, 7) is 0. The highest BCUT2D eigenvalue weighted by atomic mass is 14.5. The Morgan fingerprint density at radius 1 is 0.600 bits per heavy atom. The molecule has 0 saturated heterocycles. The lowest BCUT2D eigenvalue weighted by Crippen LogP contribution is -2.14. The summed E-state index contributed by atoms with van der Waals surface area (Å²) in [6.07, 6.45) is 9.55. The van der Waals surface area contributed by atoms with Crippen LogP contribution in [0.15, 0.2) is 0 Å². The van der Waals surface area contributed by atoms with Crippen LogP contribution in [0.25, 0.3) is 0 Å². The molecule has 3 aliphatic rings. The maximum absolute atomic E-state index is 1.62. The van der Waals surface area contributed by atoms with Gasteiger partial charge in [-0.25, -0.2) is 0 Å². The van der Waals surface area contributed by atoms with Crippen molar-refractivity contribution in [1.82, 2.24) is 0 Å². The van der Waals surface area contributed by atoms with E-state index in [2.05, 4.69) is 0 Å². The summed E-state index contributed by atoms with van der Waals surface area (Å²) in [5, 5.41) is 0. The summed E-state index contributed by atoms with van der Waals surface area (Å²) in [5.41, 5.74) is 0. The highest BCUT2D eigenvalue weighted by Gasteiger charge is 2.47. The van der Waals surface area contributed by atoms with E-state index in [1.54, 1.807) is 38.5 Å². The Bertz CT molecular complexity index is 134. The van der Waals surface area contributed by atoms with E-state index in [9.17, 15) is 0 Å². The Morgan fingerprint density at radius 3 is 1.70 bits per heavy atom. The van der Waals surface area contributed by atoms with Crippen molar-refractivity contribution >= 4 is 0 Å². The van der Waals surface area contributed by atoms with Gasteiger partial charge in [-0.05, 0) is 42.9 Å². The molecule has 10 heavy (non-hydrogen) atoms. The van der Waals surface area contributed by atoms with Gasteiger partial charge < -0.3 is 0 Å². The molecule has 3 aliphatic carbocycles. The molecule has 0 aromatic carbocycles. The first-order chi connectivity index (χ1) is 4.93. The molecule has 4 unspecified atom stereocenters.